The number of aromatic nitrogens is 3. The minimum absolute atomic E-state index is 0.0624. The summed E-state index contributed by atoms with van der Waals surface area (Å²) in [7, 11) is 0. The normalized spacial score (nSPS) is 16.5. The lowest BCUT2D eigenvalue weighted by Gasteiger charge is -2.17. The fourth-order valence-electron chi connectivity index (χ4n) is 3.78. The predicted molar refractivity (Wildman–Crippen MR) is 101 cm³/mol. The van der Waals surface area contributed by atoms with Crippen LogP contribution < -0.4 is 0 Å². The molecule has 28 heavy (non-hydrogen) atoms. The maximum Gasteiger partial charge on any atom is 0.253 e. The van der Waals surface area contributed by atoms with Crippen molar-refractivity contribution in [2.24, 2.45) is 5.92 Å². The second-order valence-corrected chi connectivity index (χ2v) is 7.17. The number of halogens is 1. The van der Waals surface area contributed by atoms with Gasteiger partial charge in [0.05, 0.1) is 22.6 Å². The van der Waals surface area contributed by atoms with E-state index in [0.29, 0.717) is 24.6 Å². The monoisotopic (exact) mass is 380 g/mol. The van der Waals surface area contributed by atoms with Gasteiger partial charge in [-0.15, -0.1) is 0 Å². The summed E-state index contributed by atoms with van der Waals surface area (Å²) in [4.78, 5) is 23.5. The molecule has 2 aromatic heterocycles. The minimum Gasteiger partial charge on any atom is -0.361 e. The summed E-state index contributed by atoms with van der Waals surface area (Å²) in [6.07, 6.45) is 4.97. The molecule has 144 valence electrons. The largest absolute Gasteiger partial charge is 0.361 e. The van der Waals surface area contributed by atoms with E-state index >= 15 is 0 Å². The van der Waals surface area contributed by atoms with Crippen LogP contribution in [0.2, 0.25) is 0 Å². The Hall–Kier alpha value is -3.09. The Balaban J connectivity index is 1.50. The van der Waals surface area contributed by atoms with Gasteiger partial charge < -0.3 is 9.42 Å². The van der Waals surface area contributed by atoms with Gasteiger partial charge in [-0.1, -0.05) is 5.16 Å². The molecule has 0 saturated carbocycles. The third kappa shape index (κ3) is 3.52. The first-order chi connectivity index (χ1) is 13.5. The molecule has 1 aliphatic heterocycles. The molecular weight excluding hydrogens is 359 g/mol. The van der Waals surface area contributed by atoms with Crippen molar-refractivity contribution in [2.45, 2.75) is 26.7 Å². The number of hydrogen-bond acceptors (Lipinski definition) is 5. The van der Waals surface area contributed by atoms with Crippen LogP contribution in [-0.4, -0.2) is 39.0 Å². The Kier molecular flexibility index (Phi) is 4.90. The van der Waals surface area contributed by atoms with E-state index in [1.165, 1.54) is 24.3 Å². The summed E-state index contributed by atoms with van der Waals surface area (Å²) >= 11 is 0. The van der Waals surface area contributed by atoms with Gasteiger partial charge in [-0.25, -0.2) is 4.39 Å². The fraction of sp³-hybridized carbons (Fsp3) is 0.333. The Labute approximate surface area is 162 Å². The van der Waals surface area contributed by atoms with Gasteiger partial charge in [-0.2, -0.15) is 0 Å². The van der Waals surface area contributed by atoms with Crippen LogP contribution >= 0.6 is 0 Å². The van der Waals surface area contributed by atoms with Crippen LogP contribution in [0.15, 0.2) is 41.2 Å². The number of likely N-dealkylation sites (tertiary alicyclic amines) is 1. The number of aryl methyl sites for hydroxylation is 2. The van der Waals surface area contributed by atoms with E-state index in [-0.39, 0.29) is 11.7 Å². The number of amides is 1. The second kappa shape index (κ2) is 7.50. The Bertz CT molecular complexity index is 980. The lowest BCUT2D eigenvalue weighted by atomic mass is 9.98. The molecule has 6 nitrogen and oxygen atoms in total. The highest BCUT2D eigenvalue weighted by Crippen LogP contribution is 2.30. The fourth-order valence-corrected chi connectivity index (χ4v) is 3.78. The number of carbonyl (C=O) groups is 1. The van der Waals surface area contributed by atoms with Crippen LogP contribution in [0.3, 0.4) is 0 Å². The number of rotatable bonds is 4. The van der Waals surface area contributed by atoms with E-state index < -0.39 is 0 Å². The molecule has 3 aromatic rings. The van der Waals surface area contributed by atoms with Crippen molar-refractivity contribution >= 4 is 5.91 Å². The van der Waals surface area contributed by atoms with E-state index in [1.807, 2.05) is 18.7 Å². The summed E-state index contributed by atoms with van der Waals surface area (Å²) in [5, 5.41) is 4.02. The zero-order chi connectivity index (χ0) is 19.7. The molecule has 1 saturated heterocycles. The van der Waals surface area contributed by atoms with Crippen LogP contribution in [0.4, 0.5) is 4.39 Å². The zero-order valence-corrected chi connectivity index (χ0v) is 15.9. The lowest BCUT2D eigenvalue weighted by molar-refractivity contribution is 0.0787. The molecular formula is C21H21FN4O2. The van der Waals surface area contributed by atoms with Crippen molar-refractivity contribution < 1.29 is 13.7 Å². The van der Waals surface area contributed by atoms with Crippen LogP contribution in [-0.2, 0) is 6.42 Å². The molecule has 7 heteroatoms. The van der Waals surface area contributed by atoms with Gasteiger partial charge in [-0.05, 0) is 56.9 Å². The highest BCUT2D eigenvalue weighted by Gasteiger charge is 2.29. The average molecular weight is 380 g/mol. The molecule has 1 atom stereocenters. The standard InChI is InChI=1S/C21H21FN4O2/c1-13-19(14(2)28-25-13)20-18(23-8-9-24-20)11-15-7-10-26(12-15)21(27)16-3-5-17(22)6-4-16/h3-6,8-9,15H,7,10-12H2,1-2H3. The average Bonchev–Trinajstić information content (AvgIpc) is 3.29. The van der Waals surface area contributed by atoms with Gasteiger partial charge >= 0.3 is 0 Å². The van der Waals surface area contributed by atoms with Gasteiger partial charge in [0.1, 0.15) is 11.6 Å². The van der Waals surface area contributed by atoms with Gasteiger partial charge in [-0.3, -0.25) is 14.8 Å². The van der Waals surface area contributed by atoms with Gasteiger partial charge in [0, 0.05) is 31.0 Å². The van der Waals surface area contributed by atoms with Gasteiger partial charge in [0.2, 0.25) is 0 Å². The topological polar surface area (TPSA) is 72.1 Å². The van der Waals surface area contributed by atoms with Crippen molar-refractivity contribution in [3.05, 3.63) is 65.2 Å². The Morgan fingerprint density at radius 1 is 1.21 bits per heavy atom. The zero-order valence-electron chi connectivity index (χ0n) is 15.9. The molecule has 3 heterocycles. The van der Waals surface area contributed by atoms with E-state index in [2.05, 4.69) is 15.1 Å². The number of carbonyl (C=O) groups excluding carboxylic acids is 1. The van der Waals surface area contributed by atoms with Crippen LogP contribution in [0.1, 0.15) is 33.9 Å². The van der Waals surface area contributed by atoms with Crippen LogP contribution in [0.25, 0.3) is 11.3 Å². The van der Waals surface area contributed by atoms with Crippen LogP contribution in [0.5, 0.6) is 0 Å². The molecule has 1 fully saturated rings. The maximum absolute atomic E-state index is 13.1. The van der Waals surface area contributed by atoms with Crippen molar-refractivity contribution in [3.63, 3.8) is 0 Å². The molecule has 0 bridgehead atoms. The van der Waals surface area contributed by atoms with Gasteiger partial charge in [0.15, 0.2) is 0 Å². The summed E-state index contributed by atoms with van der Waals surface area (Å²) in [5.74, 6) is 0.608. The minimum atomic E-state index is -0.342. The third-order valence-corrected chi connectivity index (χ3v) is 5.19. The molecule has 0 N–H and O–H groups in total. The molecule has 0 radical (unpaired) electrons. The molecule has 4 rings (SSSR count). The molecule has 1 aliphatic rings. The predicted octanol–water partition coefficient (Wildman–Crippen LogP) is 3.59. The third-order valence-electron chi connectivity index (χ3n) is 5.19. The quantitative estimate of drug-likeness (QED) is 0.692. The van der Waals surface area contributed by atoms with Gasteiger partial charge in [0.25, 0.3) is 5.91 Å². The van der Waals surface area contributed by atoms with Crippen molar-refractivity contribution in [1.29, 1.82) is 0 Å². The lowest BCUT2D eigenvalue weighted by Crippen LogP contribution is -2.29. The van der Waals surface area contributed by atoms with E-state index in [4.69, 9.17) is 4.52 Å². The maximum atomic E-state index is 13.1. The Morgan fingerprint density at radius 2 is 1.96 bits per heavy atom. The first-order valence-corrected chi connectivity index (χ1v) is 9.31. The summed E-state index contributed by atoms with van der Waals surface area (Å²) in [6, 6.07) is 5.69. The van der Waals surface area contributed by atoms with E-state index in [9.17, 15) is 9.18 Å². The highest BCUT2D eigenvalue weighted by atomic mass is 19.1. The first kappa shape index (κ1) is 18.3. The molecule has 1 amide bonds. The first-order valence-electron chi connectivity index (χ1n) is 9.31. The smallest absolute Gasteiger partial charge is 0.253 e. The molecule has 0 spiro atoms. The van der Waals surface area contributed by atoms with Crippen LogP contribution in [0, 0.1) is 25.6 Å². The molecule has 1 aromatic carbocycles. The molecule has 1 unspecified atom stereocenters. The summed E-state index contributed by atoms with van der Waals surface area (Å²) in [5.41, 5.74) is 3.87. The van der Waals surface area contributed by atoms with Crippen molar-refractivity contribution in [2.75, 3.05) is 13.1 Å². The molecule has 0 aliphatic carbocycles. The second-order valence-electron chi connectivity index (χ2n) is 7.17. The number of hydrogen-bond donors (Lipinski definition) is 0. The number of nitrogens with zero attached hydrogens (tertiary/aromatic N) is 4. The van der Waals surface area contributed by atoms with E-state index in [0.717, 1.165) is 41.2 Å². The SMILES string of the molecule is Cc1noc(C)c1-c1nccnc1CC1CCN(C(=O)c2ccc(F)cc2)C1. The number of benzene rings is 1. The van der Waals surface area contributed by atoms with E-state index in [1.54, 1.807) is 12.4 Å². The highest BCUT2D eigenvalue weighted by molar-refractivity contribution is 5.94. The van der Waals surface area contributed by atoms with Crippen molar-refractivity contribution in [3.8, 4) is 11.3 Å². The summed E-state index contributed by atoms with van der Waals surface area (Å²) < 4.78 is 18.4. The summed E-state index contributed by atoms with van der Waals surface area (Å²) in [6.45, 7) is 5.09. The van der Waals surface area contributed by atoms with Crippen molar-refractivity contribution in [1.82, 2.24) is 20.0 Å². The Morgan fingerprint density at radius 3 is 2.68 bits per heavy atom.